The van der Waals surface area contributed by atoms with Crippen molar-refractivity contribution in [1.29, 1.82) is 0 Å². The summed E-state index contributed by atoms with van der Waals surface area (Å²) in [4.78, 5) is 27.7. The molecule has 6 heteroatoms. The van der Waals surface area contributed by atoms with E-state index in [1.807, 2.05) is 49.4 Å². The number of likely N-dealkylation sites (tertiary alicyclic amines) is 1. The van der Waals surface area contributed by atoms with Crippen molar-refractivity contribution in [2.45, 2.75) is 25.8 Å². The number of methoxy groups -OCH3 is 1. The van der Waals surface area contributed by atoms with Gasteiger partial charge in [-0.1, -0.05) is 55.8 Å². The maximum Gasteiger partial charge on any atom is 0.295 e. The SMILES string of the molecule is CCCCN1C(=O)C(=O)/C(=C(/O)c2cc(F)ccc2OC)C1c1cccc2ccccc12. The minimum absolute atomic E-state index is 0.0335. The summed E-state index contributed by atoms with van der Waals surface area (Å²) in [6.45, 7) is 2.37. The molecule has 1 heterocycles. The van der Waals surface area contributed by atoms with E-state index in [0.29, 0.717) is 13.0 Å². The number of ether oxygens (including phenoxy) is 1. The standard InChI is InChI=1S/C26H24FNO4/c1-3-4-14-28-23(19-11-7-9-16-8-5-6-10-18(16)19)22(25(30)26(28)31)24(29)20-15-17(27)12-13-21(20)32-2/h5-13,15,23,29H,3-4,14H2,1-2H3/b24-22+. The molecule has 1 N–H and O–H groups in total. The number of benzene rings is 3. The highest BCUT2D eigenvalue weighted by Gasteiger charge is 2.46. The molecule has 3 aromatic carbocycles. The van der Waals surface area contributed by atoms with Crippen LogP contribution in [0.3, 0.4) is 0 Å². The lowest BCUT2D eigenvalue weighted by molar-refractivity contribution is -0.139. The van der Waals surface area contributed by atoms with Crippen LogP contribution in [0.25, 0.3) is 16.5 Å². The lowest BCUT2D eigenvalue weighted by Crippen LogP contribution is -2.30. The van der Waals surface area contributed by atoms with Gasteiger partial charge in [0.25, 0.3) is 11.7 Å². The summed E-state index contributed by atoms with van der Waals surface area (Å²) in [5.74, 6) is -2.29. The Bertz CT molecular complexity index is 1230. The number of Topliss-reactive ketones (excluding diaryl/α,β-unsaturated/α-hetero) is 1. The predicted molar refractivity (Wildman–Crippen MR) is 121 cm³/mol. The van der Waals surface area contributed by atoms with Crippen molar-refractivity contribution in [2.24, 2.45) is 0 Å². The molecule has 3 aromatic rings. The summed E-state index contributed by atoms with van der Waals surface area (Å²) in [7, 11) is 1.39. The number of carbonyl (C=O) groups is 2. The Morgan fingerprint density at radius 3 is 2.59 bits per heavy atom. The van der Waals surface area contributed by atoms with Gasteiger partial charge in [0.1, 0.15) is 17.3 Å². The van der Waals surface area contributed by atoms with Crippen molar-refractivity contribution >= 4 is 28.2 Å². The molecule has 1 saturated heterocycles. The van der Waals surface area contributed by atoms with Gasteiger partial charge in [-0.2, -0.15) is 0 Å². The van der Waals surface area contributed by atoms with Gasteiger partial charge in [0, 0.05) is 6.54 Å². The molecule has 1 unspecified atom stereocenters. The Morgan fingerprint density at radius 2 is 1.84 bits per heavy atom. The zero-order valence-corrected chi connectivity index (χ0v) is 18.0. The number of unbranched alkanes of at least 4 members (excludes halogenated alkanes) is 1. The van der Waals surface area contributed by atoms with E-state index in [2.05, 4.69) is 0 Å². The molecule has 0 spiro atoms. The average molecular weight is 433 g/mol. The number of aliphatic hydroxyl groups excluding tert-OH is 1. The van der Waals surface area contributed by atoms with Gasteiger partial charge < -0.3 is 14.7 Å². The minimum Gasteiger partial charge on any atom is -0.507 e. The molecule has 0 bridgehead atoms. The molecule has 164 valence electrons. The number of ketones is 1. The second kappa shape index (κ2) is 8.83. The van der Waals surface area contributed by atoms with Gasteiger partial charge in [0.05, 0.1) is 24.3 Å². The smallest absolute Gasteiger partial charge is 0.295 e. The Morgan fingerprint density at radius 1 is 1.09 bits per heavy atom. The average Bonchev–Trinajstić information content (AvgIpc) is 3.06. The number of fused-ring (bicyclic) bond motifs is 1. The first-order chi connectivity index (χ1) is 15.5. The van der Waals surface area contributed by atoms with Crippen LogP contribution in [0.2, 0.25) is 0 Å². The van der Waals surface area contributed by atoms with Crippen LogP contribution < -0.4 is 4.74 Å². The van der Waals surface area contributed by atoms with E-state index in [-0.39, 0.29) is 16.9 Å². The summed E-state index contributed by atoms with van der Waals surface area (Å²) in [6.07, 6.45) is 1.54. The lowest BCUT2D eigenvalue weighted by Gasteiger charge is -2.26. The molecular weight excluding hydrogens is 409 g/mol. The minimum atomic E-state index is -0.791. The lowest BCUT2D eigenvalue weighted by atomic mass is 9.91. The number of hydrogen-bond acceptors (Lipinski definition) is 4. The van der Waals surface area contributed by atoms with Crippen molar-refractivity contribution in [3.8, 4) is 5.75 Å². The van der Waals surface area contributed by atoms with Crippen LogP contribution >= 0.6 is 0 Å². The van der Waals surface area contributed by atoms with Gasteiger partial charge in [-0.05, 0) is 41.0 Å². The first-order valence-corrected chi connectivity index (χ1v) is 10.6. The first kappa shape index (κ1) is 21.6. The van der Waals surface area contributed by atoms with Crippen LogP contribution in [0.1, 0.15) is 36.9 Å². The number of amides is 1. The molecular formula is C26H24FNO4. The number of nitrogens with zero attached hydrogens (tertiary/aromatic N) is 1. The zero-order valence-electron chi connectivity index (χ0n) is 18.0. The molecule has 0 aliphatic carbocycles. The van der Waals surface area contributed by atoms with Crippen molar-refractivity contribution in [3.05, 3.63) is 83.2 Å². The molecule has 1 aliphatic rings. The Kier molecular flexibility index (Phi) is 5.95. The Labute approximate surface area is 185 Å². The van der Waals surface area contributed by atoms with Crippen molar-refractivity contribution in [3.63, 3.8) is 0 Å². The number of aliphatic hydroxyl groups is 1. The van der Waals surface area contributed by atoms with E-state index in [4.69, 9.17) is 4.74 Å². The molecule has 1 amide bonds. The third-order valence-electron chi connectivity index (χ3n) is 5.83. The monoisotopic (exact) mass is 433 g/mol. The van der Waals surface area contributed by atoms with Gasteiger partial charge in [-0.3, -0.25) is 9.59 Å². The quantitative estimate of drug-likeness (QED) is 0.329. The van der Waals surface area contributed by atoms with Gasteiger partial charge in [0.2, 0.25) is 0 Å². The highest BCUT2D eigenvalue weighted by molar-refractivity contribution is 6.46. The van der Waals surface area contributed by atoms with Crippen molar-refractivity contribution in [2.75, 3.05) is 13.7 Å². The van der Waals surface area contributed by atoms with Crippen LogP contribution in [0.4, 0.5) is 4.39 Å². The van der Waals surface area contributed by atoms with Crippen molar-refractivity contribution in [1.82, 2.24) is 4.90 Å². The summed E-state index contributed by atoms with van der Waals surface area (Å²) >= 11 is 0. The third kappa shape index (κ3) is 3.62. The molecule has 0 saturated carbocycles. The van der Waals surface area contributed by atoms with Gasteiger partial charge in [-0.15, -0.1) is 0 Å². The van der Waals surface area contributed by atoms with Crippen molar-refractivity contribution < 1.29 is 23.8 Å². The fourth-order valence-electron chi connectivity index (χ4n) is 4.26. The van der Waals surface area contributed by atoms with Crippen LogP contribution in [-0.2, 0) is 9.59 Å². The maximum atomic E-state index is 14.0. The van der Waals surface area contributed by atoms with Crippen LogP contribution in [-0.4, -0.2) is 35.4 Å². The second-order valence-electron chi connectivity index (χ2n) is 7.76. The van der Waals surface area contributed by atoms with Gasteiger partial charge >= 0.3 is 0 Å². The molecule has 32 heavy (non-hydrogen) atoms. The summed E-state index contributed by atoms with van der Waals surface area (Å²) in [5.41, 5.74) is 0.702. The molecule has 5 nitrogen and oxygen atoms in total. The van der Waals surface area contributed by atoms with Gasteiger partial charge in [-0.25, -0.2) is 4.39 Å². The fourth-order valence-corrected chi connectivity index (χ4v) is 4.26. The zero-order chi connectivity index (χ0) is 22.8. The predicted octanol–water partition coefficient (Wildman–Crippen LogP) is 5.21. The van der Waals surface area contributed by atoms with E-state index in [1.165, 1.54) is 24.1 Å². The van der Waals surface area contributed by atoms with E-state index >= 15 is 0 Å². The molecule has 4 rings (SSSR count). The van der Waals surface area contributed by atoms with E-state index in [1.54, 1.807) is 0 Å². The first-order valence-electron chi connectivity index (χ1n) is 10.6. The highest BCUT2D eigenvalue weighted by Crippen LogP contribution is 2.43. The topological polar surface area (TPSA) is 66.8 Å². The maximum absolute atomic E-state index is 14.0. The normalized spacial score (nSPS) is 17.8. The summed E-state index contributed by atoms with van der Waals surface area (Å²) < 4.78 is 19.3. The Hall–Kier alpha value is -3.67. The number of hydrogen-bond donors (Lipinski definition) is 1. The van der Waals surface area contributed by atoms with Crippen LogP contribution in [0, 0.1) is 5.82 Å². The molecule has 0 aromatic heterocycles. The number of carbonyl (C=O) groups excluding carboxylic acids is 2. The van der Waals surface area contributed by atoms with E-state index < -0.39 is 29.3 Å². The molecule has 1 atom stereocenters. The fraction of sp³-hybridized carbons (Fsp3) is 0.231. The van der Waals surface area contributed by atoms with Gasteiger partial charge in [0.15, 0.2) is 0 Å². The van der Waals surface area contributed by atoms with E-state index in [0.717, 1.165) is 28.8 Å². The van der Waals surface area contributed by atoms with Crippen LogP contribution in [0.15, 0.2) is 66.2 Å². The van der Waals surface area contributed by atoms with Crippen LogP contribution in [0.5, 0.6) is 5.75 Å². The molecule has 1 aliphatic heterocycles. The molecule has 0 radical (unpaired) electrons. The highest BCUT2D eigenvalue weighted by atomic mass is 19.1. The third-order valence-corrected chi connectivity index (χ3v) is 5.83. The summed E-state index contributed by atoms with van der Waals surface area (Å²) in [5, 5.41) is 13.1. The number of halogens is 1. The summed E-state index contributed by atoms with van der Waals surface area (Å²) in [6, 6.07) is 16.2. The Balaban J connectivity index is 1.99. The number of rotatable bonds is 6. The molecule has 1 fully saturated rings. The largest absolute Gasteiger partial charge is 0.507 e. The second-order valence-corrected chi connectivity index (χ2v) is 7.76. The van der Waals surface area contributed by atoms with E-state index in [9.17, 15) is 19.1 Å².